The smallest absolute Gasteiger partial charge is 0.317 e. The molecule has 2 heterocycles. The monoisotopic (exact) mass is 394 g/mol. The van der Waals surface area contributed by atoms with Crippen LogP contribution in [0.2, 0.25) is 0 Å². The first-order valence-corrected chi connectivity index (χ1v) is 9.46. The number of carbonyl (C=O) groups excluding carboxylic acids is 1. The number of nitrogens with one attached hydrogen (secondary N) is 1. The topological polar surface area (TPSA) is 87.6 Å². The standard InChI is InChI=1S/C21H22N4O4/c1-29-18-9-5-4-8-17(18)23-10-12-24(13-11-23)19(26)14-25-16-7-3-2-6-15(16)22-20(27)21(25)28/h2-9H,10-14H2,1H3,(H,22,27). The second kappa shape index (κ2) is 7.83. The van der Waals surface area contributed by atoms with E-state index in [4.69, 9.17) is 4.74 Å². The van der Waals surface area contributed by atoms with Gasteiger partial charge in [0, 0.05) is 26.2 Å². The Labute approximate surface area is 166 Å². The number of hydrogen-bond acceptors (Lipinski definition) is 5. The van der Waals surface area contributed by atoms with Crippen molar-refractivity contribution in [2.75, 3.05) is 38.2 Å². The van der Waals surface area contributed by atoms with E-state index in [0.717, 1.165) is 11.4 Å². The lowest BCUT2D eigenvalue weighted by atomic mass is 10.2. The van der Waals surface area contributed by atoms with Gasteiger partial charge in [-0.2, -0.15) is 0 Å². The third kappa shape index (κ3) is 3.61. The molecule has 29 heavy (non-hydrogen) atoms. The van der Waals surface area contributed by atoms with Crippen molar-refractivity contribution in [1.29, 1.82) is 0 Å². The molecule has 4 rings (SSSR count). The van der Waals surface area contributed by atoms with E-state index in [0.29, 0.717) is 37.2 Å². The second-order valence-electron chi connectivity index (χ2n) is 6.90. The second-order valence-corrected chi connectivity index (χ2v) is 6.90. The van der Waals surface area contributed by atoms with Crippen LogP contribution in [0.25, 0.3) is 11.0 Å². The highest BCUT2D eigenvalue weighted by Crippen LogP contribution is 2.28. The number of anilines is 1. The van der Waals surface area contributed by atoms with E-state index in [-0.39, 0.29) is 12.5 Å². The summed E-state index contributed by atoms with van der Waals surface area (Å²) in [6.45, 7) is 2.24. The summed E-state index contributed by atoms with van der Waals surface area (Å²) in [6.07, 6.45) is 0. The summed E-state index contributed by atoms with van der Waals surface area (Å²) in [5.74, 6) is 0.622. The Kier molecular flexibility index (Phi) is 5.07. The van der Waals surface area contributed by atoms with Gasteiger partial charge >= 0.3 is 11.1 Å². The van der Waals surface area contributed by atoms with Gasteiger partial charge in [-0.3, -0.25) is 19.0 Å². The van der Waals surface area contributed by atoms with Gasteiger partial charge in [-0.05, 0) is 24.3 Å². The Balaban J connectivity index is 1.50. The van der Waals surface area contributed by atoms with Gasteiger partial charge in [-0.1, -0.05) is 24.3 Å². The van der Waals surface area contributed by atoms with E-state index in [1.54, 1.807) is 36.3 Å². The van der Waals surface area contributed by atoms with Crippen LogP contribution in [0.4, 0.5) is 5.69 Å². The Morgan fingerprint density at radius 2 is 1.69 bits per heavy atom. The van der Waals surface area contributed by atoms with E-state index in [9.17, 15) is 14.4 Å². The lowest BCUT2D eigenvalue weighted by Crippen LogP contribution is -2.50. The molecule has 0 bridgehead atoms. The van der Waals surface area contributed by atoms with Crippen LogP contribution >= 0.6 is 0 Å². The van der Waals surface area contributed by atoms with Gasteiger partial charge in [-0.15, -0.1) is 0 Å². The van der Waals surface area contributed by atoms with Crippen LogP contribution in [-0.4, -0.2) is 53.6 Å². The quantitative estimate of drug-likeness (QED) is 0.669. The zero-order chi connectivity index (χ0) is 20.4. The Hall–Kier alpha value is -3.55. The molecule has 0 atom stereocenters. The summed E-state index contributed by atoms with van der Waals surface area (Å²) >= 11 is 0. The van der Waals surface area contributed by atoms with Crippen molar-refractivity contribution in [1.82, 2.24) is 14.5 Å². The molecule has 1 saturated heterocycles. The number of H-pyrrole nitrogens is 1. The maximum atomic E-state index is 12.9. The third-order valence-corrected chi connectivity index (χ3v) is 5.23. The molecule has 150 valence electrons. The lowest BCUT2D eigenvalue weighted by molar-refractivity contribution is -0.132. The number of para-hydroxylation sites is 4. The molecule has 8 nitrogen and oxygen atoms in total. The third-order valence-electron chi connectivity index (χ3n) is 5.23. The normalized spacial score (nSPS) is 14.2. The summed E-state index contributed by atoms with van der Waals surface area (Å²) < 4.78 is 6.68. The molecule has 1 aliphatic heterocycles. The first-order chi connectivity index (χ1) is 14.1. The van der Waals surface area contributed by atoms with Crippen LogP contribution in [0.5, 0.6) is 5.75 Å². The largest absolute Gasteiger partial charge is 0.495 e. The number of methoxy groups -OCH3 is 1. The van der Waals surface area contributed by atoms with Gasteiger partial charge in [0.15, 0.2) is 0 Å². The van der Waals surface area contributed by atoms with E-state index < -0.39 is 11.1 Å². The molecule has 0 aliphatic carbocycles. The van der Waals surface area contributed by atoms with E-state index in [1.807, 2.05) is 24.3 Å². The van der Waals surface area contributed by atoms with Crippen molar-refractivity contribution in [3.05, 3.63) is 69.2 Å². The number of fused-ring (bicyclic) bond motifs is 1. The first kappa shape index (κ1) is 18.8. The fourth-order valence-corrected chi connectivity index (χ4v) is 3.70. The van der Waals surface area contributed by atoms with Gasteiger partial charge in [0.05, 0.1) is 23.8 Å². The number of amides is 1. The zero-order valence-corrected chi connectivity index (χ0v) is 16.1. The first-order valence-electron chi connectivity index (χ1n) is 9.46. The predicted molar refractivity (Wildman–Crippen MR) is 111 cm³/mol. The van der Waals surface area contributed by atoms with Crippen LogP contribution in [0.15, 0.2) is 58.1 Å². The van der Waals surface area contributed by atoms with Gasteiger partial charge in [0.2, 0.25) is 5.91 Å². The molecule has 1 aromatic heterocycles. The molecule has 0 unspecified atom stereocenters. The predicted octanol–water partition coefficient (Wildman–Crippen LogP) is 1.05. The number of carbonyl (C=O) groups is 1. The molecule has 0 spiro atoms. The summed E-state index contributed by atoms with van der Waals surface area (Å²) in [4.78, 5) is 43.6. The fourth-order valence-electron chi connectivity index (χ4n) is 3.70. The maximum absolute atomic E-state index is 12.9. The van der Waals surface area contributed by atoms with Crippen LogP contribution in [0.1, 0.15) is 0 Å². The number of hydrogen-bond donors (Lipinski definition) is 1. The summed E-state index contributed by atoms with van der Waals surface area (Å²) in [7, 11) is 1.64. The summed E-state index contributed by atoms with van der Waals surface area (Å²) in [5.41, 5.74) is 0.630. The van der Waals surface area contributed by atoms with Crippen molar-refractivity contribution in [2.24, 2.45) is 0 Å². The zero-order valence-electron chi connectivity index (χ0n) is 16.1. The minimum absolute atomic E-state index is 0.155. The molecule has 1 fully saturated rings. The molecular formula is C21H22N4O4. The molecule has 0 radical (unpaired) electrons. The number of rotatable bonds is 4. The molecule has 2 aromatic carbocycles. The molecule has 0 saturated carbocycles. The molecule has 1 aliphatic rings. The number of benzene rings is 2. The van der Waals surface area contributed by atoms with Crippen molar-refractivity contribution in [3.63, 3.8) is 0 Å². The van der Waals surface area contributed by atoms with Crippen LogP contribution in [-0.2, 0) is 11.3 Å². The molecule has 1 amide bonds. The van der Waals surface area contributed by atoms with Gasteiger partial charge < -0.3 is 19.5 Å². The van der Waals surface area contributed by atoms with E-state index in [2.05, 4.69) is 9.88 Å². The SMILES string of the molecule is COc1ccccc1N1CCN(C(=O)Cn2c(=O)c(=O)[nH]c3ccccc32)CC1. The number of nitrogens with zero attached hydrogens (tertiary/aromatic N) is 3. The minimum Gasteiger partial charge on any atom is -0.495 e. The van der Waals surface area contributed by atoms with E-state index >= 15 is 0 Å². The molecule has 8 heteroatoms. The number of aromatic amines is 1. The number of piperazine rings is 1. The average molecular weight is 394 g/mol. The van der Waals surface area contributed by atoms with Crippen molar-refractivity contribution in [3.8, 4) is 5.75 Å². The highest BCUT2D eigenvalue weighted by atomic mass is 16.5. The van der Waals surface area contributed by atoms with E-state index in [1.165, 1.54) is 4.57 Å². The Bertz CT molecular complexity index is 1160. The lowest BCUT2D eigenvalue weighted by Gasteiger charge is -2.36. The Morgan fingerprint density at radius 3 is 2.45 bits per heavy atom. The van der Waals surface area contributed by atoms with Gasteiger partial charge in [-0.25, -0.2) is 0 Å². The minimum atomic E-state index is -0.725. The fraction of sp³-hybridized carbons (Fsp3) is 0.286. The van der Waals surface area contributed by atoms with Crippen LogP contribution in [0, 0.1) is 0 Å². The molecule has 1 N–H and O–H groups in total. The highest BCUT2D eigenvalue weighted by Gasteiger charge is 2.23. The van der Waals surface area contributed by atoms with Crippen LogP contribution in [0.3, 0.4) is 0 Å². The van der Waals surface area contributed by atoms with Gasteiger partial charge in [0.25, 0.3) is 0 Å². The summed E-state index contributed by atoms with van der Waals surface area (Å²) in [6, 6.07) is 14.8. The Morgan fingerprint density at radius 1 is 1.00 bits per heavy atom. The molecular weight excluding hydrogens is 372 g/mol. The van der Waals surface area contributed by atoms with Crippen molar-refractivity contribution in [2.45, 2.75) is 6.54 Å². The highest BCUT2D eigenvalue weighted by molar-refractivity contribution is 5.80. The van der Waals surface area contributed by atoms with Crippen molar-refractivity contribution < 1.29 is 9.53 Å². The van der Waals surface area contributed by atoms with Gasteiger partial charge in [0.1, 0.15) is 12.3 Å². The number of aromatic nitrogens is 2. The van der Waals surface area contributed by atoms with Crippen LogP contribution < -0.4 is 20.8 Å². The number of ether oxygens (including phenoxy) is 1. The average Bonchev–Trinajstić information content (AvgIpc) is 2.77. The molecule has 3 aromatic rings. The van der Waals surface area contributed by atoms with Crippen molar-refractivity contribution >= 4 is 22.6 Å². The maximum Gasteiger partial charge on any atom is 0.317 e. The summed E-state index contributed by atoms with van der Waals surface area (Å²) in [5, 5.41) is 0.